The first-order valence-corrected chi connectivity index (χ1v) is 7.01. The summed E-state index contributed by atoms with van der Waals surface area (Å²) in [6.07, 6.45) is -4.42. The van der Waals surface area contributed by atoms with Crippen molar-refractivity contribution < 1.29 is 27.4 Å². The van der Waals surface area contributed by atoms with Gasteiger partial charge < -0.3 is 14.8 Å². The van der Waals surface area contributed by atoms with Gasteiger partial charge in [-0.05, 0) is 35.9 Å². The number of ether oxygens (including phenoxy) is 2. The summed E-state index contributed by atoms with van der Waals surface area (Å²) in [7, 11) is 2.89. The van der Waals surface area contributed by atoms with E-state index in [9.17, 15) is 18.0 Å². The second-order valence-corrected chi connectivity index (χ2v) is 4.95. The highest BCUT2D eigenvalue weighted by atomic mass is 19.4. The van der Waals surface area contributed by atoms with Gasteiger partial charge in [-0.3, -0.25) is 4.79 Å². The van der Waals surface area contributed by atoms with Crippen LogP contribution in [0.15, 0.2) is 42.5 Å². The molecule has 0 heterocycles. The summed E-state index contributed by atoms with van der Waals surface area (Å²) in [6.45, 7) is -0.0386. The first-order chi connectivity index (χ1) is 11.3. The molecular formula is C17H16F3NO3. The van der Waals surface area contributed by atoms with Gasteiger partial charge in [-0.2, -0.15) is 13.2 Å². The molecule has 1 N–H and O–H groups in total. The van der Waals surface area contributed by atoms with Gasteiger partial charge in [0.15, 0.2) is 0 Å². The third kappa shape index (κ3) is 4.18. The lowest BCUT2D eigenvalue weighted by Crippen LogP contribution is -2.23. The smallest absolute Gasteiger partial charge is 0.416 e. The third-order valence-electron chi connectivity index (χ3n) is 3.36. The normalized spacial score (nSPS) is 11.0. The second-order valence-electron chi connectivity index (χ2n) is 4.95. The van der Waals surface area contributed by atoms with Crippen LogP contribution in [0.1, 0.15) is 21.5 Å². The number of hydrogen-bond acceptors (Lipinski definition) is 3. The van der Waals surface area contributed by atoms with Crippen LogP contribution in [0.25, 0.3) is 0 Å². The molecule has 24 heavy (non-hydrogen) atoms. The van der Waals surface area contributed by atoms with Gasteiger partial charge in [0.05, 0.1) is 25.3 Å². The Kier molecular flexibility index (Phi) is 5.33. The zero-order valence-electron chi connectivity index (χ0n) is 13.1. The molecule has 0 saturated heterocycles. The fraction of sp³-hybridized carbons (Fsp3) is 0.235. The molecule has 1 amide bonds. The molecule has 0 fully saturated rings. The number of amides is 1. The first kappa shape index (κ1) is 17.7. The molecule has 0 atom stereocenters. The van der Waals surface area contributed by atoms with Crippen molar-refractivity contribution in [1.82, 2.24) is 5.32 Å². The quantitative estimate of drug-likeness (QED) is 0.904. The zero-order chi connectivity index (χ0) is 17.7. The van der Waals surface area contributed by atoms with E-state index in [2.05, 4.69) is 5.32 Å². The van der Waals surface area contributed by atoms with Gasteiger partial charge in [-0.1, -0.05) is 12.1 Å². The van der Waals surface area contributed by atoms with Crippen LogP contribution in [0, 0.1) is 0 Å². The summed E-state index contributed by atoms with van der Waals surface area (Å²) in [5.41, 5.74) is -0.169. The monoisotopic (exact) mass is 339 g/mol. The van der Waals surface area contributed by atoms with Crippen molar-refractivity contribution in [2.75, 3.05) is 14.2 Å². The molecule has 0 spiro atoms. The molecule has 2 aromatic rings. The Labute approximate surface area is 137 Å². The van der Waals surface area contributed by atoms with Crippen molar-refractivity contribution in [3.8, 4) is 11.5 Å². The molecule has 0 aliphatic rings. The van der Waals surface area contributed by atoms with Crippen molar-refractivity contribution in [3.63, 3.8) is 0 Å². The highest BCUT2D eigenvalue weighted by Gasteiger charge is 2.30. The Bertz CT molecular complexity index is 729. The Morgan fingerprint density at radius 3 is 2.46 bits per heavy atom. The van der Waals surface area contributed by atoms with Crippen molar-refractivity contribution in [1.29, 1.82) is 0 Å². The number of benzene rings is 2. The summed E-state index contributed by atoms with van der Waals surface area (Å²) >= 11 is 0. The highest BCUT2D eigenvalue weighted by molar-refractivity contribution is 5.97. The van der Waals surface area contributed by atoms with E-state index in [1.807, 2.05) is 0 Å². The molecule has 2 aromatic carbocycles. The zero-order valence-corrected chi connectivity index (χ0v) is 13.1. The number of halogens is 3. The molecule has 0 aromatic heterocycles. The predicted molar refractivity (Wildman–Crippen MR) is 82.2 cm³/mol. The number of carbonyl (C=O) groups is 1. The summed E-state index contributed by atoms with van der Waals surface area (Å²) in [5.74, 6) is 0.348. The van der Waals surface area contributed by atoms with Gasteiger partial charge in [0.25, 0.3) is 5.91 Å². The Morgan fingerprint density at radius 2 is 1.83 bits per heavy atom. The number of methoxy groups -OCH3 is 2. The lowest BCUT2D eigenvalue weighted by atomic mass is 10.1. The van der Waals surface area contributed by atoms with Crippen molar-refractivity contribution >= 4 is 5.91 Å². The summed E-state index contributed by atoms with van der Waals surface area (Å²) in [4.78, 5) is 12.3. The molecule has 4 nitrogen and oxygen atoms in total. The first-order valence-electron chi connectivity index (χ1n) is 7.01. The average molecular weight is 339 g/mol. The summed E-state index contributed by atoms with van der Waals surface area (Å²) in [5, 5.41) is 2.58. The third-order valence-corrected chi connectivity index (χ3v) is 3.36. The molecule has 2 rings (SSSR count). The Hall–Kier alpha value is -2.70. The van der Waals surface area contributed by atoms with E-state index in [-0.39, 0.29) is 12.1 Å². The number of hydrogen-bond donors (Lipinski definition) is 1. The second kappa shape index (κ2) is 7.25. The molecule has 0 aliphatic heterocycles. The van der Waals surface area contributed by atoms with E-state index in [1.165, 1.54) is 32.4 Å². The minimum absolute atomic E-state index is 0.0386. The van der Waals surface area contributed by atoms with Crippen LogP contribution in [0.4, 0.5) is 13.2 Å². The van der Waals surface area contributed by atoms with Gasteiger partial charge in [0.2, 0.25) is 0 Å². The van der Waals surface area contributed by atoms with Gasteiger partial charge in [0, 0.05) is 6.54 Å². The predicted octanol–water partition coefficient (Wildman–Crippen LogP) is 3.65. The SMILES string of the molecule is COc1ccc(OC)c(C(=O)NCc2cccc(C(F)(F)F)c2)c1. The van der Waals surface area contributed by atoms with Gasteiger partial charge >= 0.3 is 6.18 Å². The molecule has 0 radical (unpaired) electrons. The van der Waals surface area contributed by atoms with Crippen LogP contribution in [0.2, 0.25) is 0 Å². The van der Waals surface area contributed by atoms with Crippen molar-refractivity contribution in [3.05, 3.63) is 59.2 Å². The Morgan fingerprint density at radius 1 is 1.08 bits per heavy atom. The minimum Gasteiger partial charge on any atom is -0.497 e. The van der Waals surface area contributed by atoms with Crippen LogP contribution in [-0.2, 0) is 12.7 Å². The van der Waals surface area contributed by atoms with Crippen LogP contribution in [-0.4, -0.2) is 20.1 Å². The van der Waals surface area contributed by atoms with E-state index in [0.717, 1.165) is 12.1 Å². The molecule has 0 bridgehead atoms. The van der Waals surface area contributed by atoms with E-state index < -0.39 is 17.6 Å². The van der Waals surface area contributed by atoms with Gasteiger partial charge in [0.1, 0.15) is 11.5 Å². The lowest BCUT2D eigenvalue weighted by molar-refractivity contribution is -0.137. The molecule has 0 unspecified atom stereocenters. The maximum Gasteiger partial charge on any atom is 0.416 e. The minimum atomic E-state index is -4.42. The van der Waals surface area contributed by atoms with Crippen molar-refractivity contribution in [2.45, 2.75) is 12.7 Å². The standard InChI is InChI=1S/C17H16F3NO3/c1-23-13-6-7-15(24-2)14(9-13)16(22)21-10-11-4-3-5-12(8-11)17(18,19)20/h3-9H,10H2,1-2H3,(H,21,22). The Balaban J connectivity index is 2.14. The lowest BCUT2D eigenvalue weighted by Gasteiger charge is -2.12. The van der Waals surface area contributed by atoms with E-state index in [1.54, 1.807) is 12.1 Å². The topological polar surface area (TPSA) is 47.6 Å². The van der Waals surface area contributed by atoms with Crippen LogP contribution in [0.5, 0.6) is 11.5 Å². The molecule has 0 aliphatic carbocycles. The number of nitrogens with one attached hydrogen (secondary N) is 1. The van der Waals surface area contributed by atoms with Crippen LogP contribution in [0.3, 0.4) is 0 Å². The van der Waals surface area contributed by atoms with Crippen LogP contribution >= 0.6 is 0 Å². The molecule has 128 valence electrons. The maximum atomic E-state index is 12.7. The van der Waals surface area contributed by atoms with Crippen molar-refractivity contribution in [2.24, 2.45) is 0 Å². The van der Waals surface area contributed by atoms with E-state index in [4.69, 9.17) is 9.47 Å². The molecule has 7 heteroatoms. The summed E-state index contributed by atoms with van der Waals surface area (Å²) < 4.78 is 48.3. The fourth-order valence-electron chi connectivity index (χ4n) is 2.13. The van der Waals surface area contributed by atoms with E-state index in [0.29, 0.717) is 17.1 Å². The molecule has 0 saturated carbocycles. The van der Waals surface area contributed by atoms with E-state index >= 15 is 0 Å². The summed E-state index contributed by atoms with van der Waals surface area (Å²) in [6, 6.07) is 9.52. The van der Waals surface area contributed by atoms with Gasteiger partial charge in [-0.25, -0.2) is 0 Å². The average Bonchev–Trinajstić information content (AvgIpc) is 2.58. The number of rotatable bonds is 5. The highest BCUT2D eigenvalue weighted by Crippen LogP contribution is 2.29. The largest absolute Gasteiger partial charge is 0.497 e. The fourth-order valence-corrected chi connectivity index (χ4v) is 2.13. The van der Waals surface area contributed by atoms with Gasteiger partial charge in [-0.15, -0.1) is 0 Å². The molecular weight excluding hydrogens is 323 g/mol. The number of alkyl halides is 3. The van der Waals surface area contributed by atoms with Crippen LogP contribution < -0.4 is 14.8 Å². The maximum absolute atomic E-state index is 12.7. The number of carbonyl (C=O) groups excluding carboxylic acids is 1.